The highest BCUT2D eigenvalue weighted by atomic mass is 15.3. The molecule has 1 atom stereocenters. The van der Waals surface area contributed by atoms with E-state index in [0.717, 1.165) is 38.8 Å². The summed E-state index contributed by atoms with van der Waals surface area (Å²) in [6.07, 6.45) is 2.15. The van der Waals surface area contributed by atoms with E-state index < -0.39 is 0 Å². The summed E-state index contributed by atoms with van der Waals surface area (Å²) in [5.74, 6) is 0. The first-order valence-corrected chi connectivity index (χ1v) is 13.2. The van der Waals surface area contributed by atoms with E-state index in [4.69, 9.17) is 9.97 Å². The number of hydrogen-bond donors (Lipinski definition) is 1. The number of anilines is 2. The van der Waals surface area contributed by atoms with Gasteiger partial charge in [0.05, 0.1) is 17.1 Å². The average molecular weight is 504 g/mol. The summed E-state index contributed by atoms with van der Waals surface area (Å²) in [6.45, 7) is 0. The molecule has 8 rings (SSSR count). The number of hydrogen-bond acceptors (Lipinski definition) is 4. The minimum Gasteiger partial charge on any atom is -0.360 e. The summed E-state index contributed by atoms with van der Waals surface area (Å²) >= 11 is 0. The van der Waals surface area contributed by atoms with Crippen LogP contribution >= 0.6 is 0 Å². The minimum absolute atomic E-state index is 0.121. The van der Waals surface area contributed by atoms with Crippen LogP contribution < -0.4 is 10.2 Å². The Hall–Kier alpha value is -5.16. The molecule has 0 aliphatic carbocycles. The molecule has 4 heterocycles. The summed E-state index contributed by atoms with van der Waals surface area (Å²) < 4.78 is 2.07. The number of nitrogens with one attached hydrogen (secondary N) is 1. The standard InChI is InChI=1S/C34H25N5/c1-38-29-14-5-4-13-28(29)35-33(38)23-18-16-22(17-19-23)24-9-8-10-25(21-24)31-26-11-2-3-12-27(26)32-34(37-31)39-20-7-6-15-30(39)36-32/h2-21,33,35H,1H3. The molecule has 1 unspecified atom stereocenters. The normalized spacial score (nSPS) is 14.7. The molecule has 0 fully saturated rings. The monoisotopic (exact) mass is 503 g/mol. The predicted molar refractivity (Wildman–Crippen MR) is 160 cm³/mol. The van der Waals surface area contributed by atoms with E-state index in [9.17, 15) is 0 Å². The first-order chi connectivity index (χ1) is 19.2. The maximum atomic E-state index is 5.18. The molecule has 0 bridgehead atoms. The second-order valence-corrected chi connectivity index (χ2v) is 10.1. The van der Waals surface area contributed by atoms with Crippen molar-refractivity contribution in [3.63, 3.8) is 0 Å². The van der Waals surface area contributed by atoms with Crippen molar-refractivity contribution < 1.29 is 0 Å². The fourth-order valence-corrected chi connectivity index (χ4v) is 5.85. The first kappa shape index (κ1) is 21.9. The zero-order valence-electron chi connectivity index (χ0n) is 21.4. The third-order valence-corrected chi connectivity index (χ3v) is 7.82. The van der Waals surface area contributed by atoms with E-state index in [2.05, 4.69) is 119 Å². The van der Waals surface area contributed by atoms with Crippen LogP contribution in [0.2, 0.25) is 0 Å². The van der Waals surface area contributed by atoms with Crippen LogP contribution in [0.15, 0.2) is 121 Å². The third kappa shape index (κ3) is 3.40. The Kier molecular flexibility index (Phi) is 4.73. The molecule has 7 aromatic rings. The maximum Gasteiger partial charge on any atom is 0.165 e. The van der Waals surface area contributed by atoms with Gasteiger partial charge in [0.15, 0.2) is 5.65 Å². The van der Waals surface area contributed by atoms with Gasteiger partial charge in [0.1, 0.15) is 17.3 Å². The van der Waals surface area contributed by atoms with Crippen molar-refractivity contribution >= 4 is 39.0 Å². The van der Waals surface area contributed by atoms with Crippen molar-refractivity contribution in [2.75, 3.05) is 17.3 Å². The molecule has 0 amide bonds. The molecule has 3 aromatic heterocycles. The number of benzene rings is 4. The van der Waals surface area contributed by atoms with E-state index in [1.807, 2.05) is 24.4 Å². The fraction of sp³-hybridized carbons (Fsp3) is 0.0588. The van der Waals surface area contributed by atoms with Gasteiger partial charge in [0.25, 0.3) is 0 Å². The number of rotatable bonds is 3. The highest BCUT2D eigenvalue weighted by Gasteiger charge is 2.26. The van der Waals surface area contributed by atoms with Crippen molar-refractivity contribution in [3.8, 4) is 22.4 Å². The predicted octanol–water partition coefficient (Wildman–Crippen LogP) is 7.93. The van der Waals surface area contributed by atoms with Crippen LogP contribution in [0.1, 0.15) is 11.7 Å². The largest absolute Gasteiger partial charge is 0.360 e. The summed E-state index contributed by atoms with van der Waals surface area (Å²) in [5.41, 5.74) is 10.7. The van der Waals surface area contributed by atoms with E-state index in [-0.39, 0.29) is 6.17 Å². The van der Waals surface area contributed by atoms with Crippen LogP contribution in [-0.4, -0.2) is 21.4 Å². The highest BCUT2D eigenvalue weighted by molar-refractivity contribution is 6.09. The fourth-order valence-electron chi connectivity index (χ4n) is 5.85. The Balaban J connectivity index is 1.20. The van der Waals surface area contributed by atoms with Crippen LogP contribution in [0.25, 0.3) is 50.0 Å². The third-order valence-electron chi connectivity index (χ3n) is 7.82. The quantitative estimate of drug-likeness (QED) is 0.266. The van der Waals surface area contributed by atoms with Crippen molar-refractivity contribution in [1.82, 2.24) is 14.4 Å². The van der Waals surface area contributed by atoms with Gasteiger partial charge in [-0.15, -0.1) is 0 Å². The van der Waals surface area contributed by atoms with Gasteiger partial charge in [-0.1, -0.05) is 84.9 Å². The number of nitrogens with zero attached hydrogens (tertiary/aromatic N) is 4. The summed E-state index contributed by atoms with van der Waals surface area (Å²) in [6, 6.07) is 40.5. The summed E-state index contributed by atoms with van der Waals surface area (Å²) in [7, 11) is 2.14. The van der Waals surface area contributed by atoms with Crippen LogP contribution in [0.3, 0.4) is 0 Å². The van der Waals surface area contributed by atoms with E-state index in [0.29, 0.717) is 0 Å². The zero-order chi connectivity index (χ0) is 25.9. The topological polar surface area (TPSA) is 45.5 Å². The van der Waals surface area contributed by atoms with Crippen molar-refractivity contribution in [3.05, 3.63) is 127 Å². The van der Waals surface area contributed by atoms with Gasteiger partial charge in [0, 0.05) is 29.6 Å². The molecule has 0 radical (unpaired) electrons. The van der Waals surface area contributed by atoms with Gasteiger partial charge in [-0.3, -0.25) is 4.40 Å². The van der Waals surface area contributed by atoms with Crippen molar-refractivity contribution in [1.29, 1.82) is 0 Å². The molecule has 0 saturated carbocycles. The molecule has 0 spiro atoms. The Labute approximate surface area is 226 Å². The molecule has 39 heavy (non-hydrogen) atoms. The van der Waals surface area contributed by atoms with E-state index in [1.54, 1.807) is 0 Å². The van der Waals surface area contributed by atoms with E-state index >= 15 is 0 Å². The number of aromatic nitrogens is 3. The SMILES string of the molecule is CN1c2ccccc2NC1c1ccc(-c2cccc(-c3nc4c(nc5ccccn54)c4ccccc34)c2)cc1. The summed E-state index contributed by atoms with van der Waals surface area (Å²) in [5, 5.41) is 5.87. The van der Waals surface area contributed by atoms with Gasteiger partial charge in [-0.05, 0) is 47.0 Å². The first-order valence-electron chi connectivity index (χ1n) is 13.2. The van der Waals surface area contributed by atoms with Crippen LogP contribution in [0.4, 0.5) is 11.4 Å². The Morgan fingerprint density at radius 1 is 0.667 bits per heavy atom. The molecule has 0 saturated heterocycles. The van der Waals surface area contributed by atoms with Crippen molar-refractivity contribution in [2.24, 2.45) is 0 Å². The number of imidazole rings is 1. The lowest BCUT2D eigenvalue weighted by Crippen LogP contribution is -2.23. The molecule has 1 aliphatic heterocycles. The minimum atomic E-state index is 0.121. The highest BCUT2D eigenvalue weighted by Crippen LogP contribution is 2.40. The molecule has 1 N–H and O–H groups in total. The maximum absolute atomic E-state index is 5.18. The average Bonchev–Trinajstić information content (AvgIpc) is 3.55. The number of para-hydroxylation sites is 2. The molecule has 5 nitrogen and oxygen atoms in total. The Morgan fingerprint density at radius 3 is 2.31 bits per heavy atom. The summed E-state index contributed by atoms with van der Waals surface area (Å²) in [4.78, 5) is 12.4. The Bertz CT molecular complexity index is 2020. The number of pyridine rings is 2. The lowest BCUT2D eigenvalue weighted by Gasteiger charge is -2.22. The van der Waals surface area contributed by atoms with Crippen LogP contribution in [0.5, 0.6) is 0 Å². The van der Waals surface area contributed by atoms with Gasteiger partial charge in [-0.25, -0.2) is 9.97 Å². The zero-order valence-corrected chi connectivity index (χ0v) is 21.4. The van der Waals surface area contributed by atoms with Crippen LogP contribution in [-0.2, 0) is 0 Å². The van der Waals surface area contributed by atoms with Gasteiger partial charge < -0.3 is 10.2 Å². The second-order valence-electron chi connectivity index (χ2n) is 10.1. The molecular weight excluding hydrogens is 478 g/mol. The van der Waals surface area contributed by atoms with E-state index in [1.165, 1.54) is 28.1 Å². The van der Waals surface area contributed by atoms with Gasteiger partial charge in [-0.2, -0.15) is 0 Å². The molecule has 5 heteroatoms. The Morgan fingerprint density at radius 2 is 1.44 bits per heavy atom. The van der Waals surface area contributed by atoms with Crippen LogP contribution in [0, 0.1) is 0 Å². The van der Waals surface area contributed by atoms with Crippen molar-refractivity contribution in [2.45, 2.75) is 6.17 Å². The number of fused-ring (bicyclic) bond motifs is 6. The molecule has 186 valence electrons. The second kappa shape index (κ2) is 8.43. The smallest absolute Gasteiger partial charge is 0.165 e. The van der Waals surface area contributed by atoms with Gasteiger partial charge in [0.2, 0.25) is 0 Å². The van der Waals surface area contributed by atoms with Gasteiger partial charge >= 0.3 is 0 Å². The lowest BCUT2D eigenvalue weighted by molar-refractivity contribution is 0.792. The molecule has 1 aliphatic rings. The molecular formula is C34H25N5. The lowest BCUT2D eigenvalue weighted by atomic mass is 9.97. The molecule has 4 aromatic carbocycles.